The molecule has 0 amide bonds. The van der Waals surface area contributed by atoms with Gasteiger partial charge in [-0.25, -0.2) is 0 Å². The number of hydrogen-bond donors (Lipinski definition) is 2. The van der Waals surface area contributed by atoms with Crippen molar-refractivity contribution in [2.45, 2.75) is 46.1 Å². The van der Waals surface area contributed by atoms with E-state index in [4.69, 9.17) is 16.0 Å². The first-order valence-electron chi connectivity index (χ1n) is 11.0. The van der Waals surface area contributed by atoms with Gasteiger partial charge >= 0.3 is 0 Å². The molecule has 1 unspecified atom stereocenters. The lowest BCUT2D eigenvalue weighted by molar-refractivity contribution is 0.235. The van der Waals surface area contributed by atoms with Gasteiger partial charge in [0.2, 0.25) is 11.2 Å². The number of halogens is 1. The lowest BCUT2D eigenvalue weighted by atomic mass is 9.86. The SMILES string of the molecule is Cc1cc(C(c2ccc(Cl)cc2)c2oc(CO)cc(=O)c2O)c2c(C)cc(C(C)C)ccc1-2. The molecule has 1 aromatic carbocycles. The van der Waals surface area contributed by atoms with Crippen molar-refractivity contribution in [2.75, 3.05) is 0 Å². The molecule has 0 aliphatic heterocycles. The summed E-state index contributed by atoms with van der Waals surface area (Å²) in [4.78, 5) is 12.5. The smallest absolute Gasteiger partial charge is 0.227 e. The molecule has 0 saturated carbocycles. The first kappa shape index (κ1) is 23.1. The van der Waals surface area contributed by atoms with E-state index in [9.17, 15) is 15.0 Å². The first-order valence-corrected chi connectivity index (χ1v) is 11.3. The molecule has 5 heteroatoms. The van der Waals surface area contributed by atoms with Crippen LogP contribution in [0.3, 0.4) is 0 Å². The van der Waals surface area contributed by atoms with E-state index in [1.165, 1.54) is 5.56 Å². The molecule has 1 heterocycles. The Bertz CT molecular complexity index is 1340. The average molecular weight is 463 g/mol. The highest BCUT2D eigenvalue weighted by Crippen LogP contribution is 2.45. The van der Waals surface area contributed by atoms with Crippen LogP contribution in [-0.4, -0.2) is 10.2 Å². The lowest BCUT2D eigenvalue weighted by Gasteiger charge is -2.20. The molecule has 0 radical (unpaired) electrons. The number of aryl methyl sites for hydroxylation is 2. The van der Waals surface area contributed by atoms with E-state index in [0.717, 1.165) is 39.4 Å². The highest BCUT2D eigenvalue weighted by Gasteiger charge is 2.30. The zero-order valence-corrected chi connectivity index (χ0v) is 19.9. The topological polar surface area (TPSA) is 70.7 Å². The minimum absolute atomic E-state index is 0.101. The Kier molecular flexibility index (Phi) is 6.33. The van der Waals surface area contributed by atoms with Crippen molar-refractivity contribution in [1.82, 2.24) is 0 Å². The molecule has 2 aliphatic carbocycles. The van der Waals surface area contributed by atoms with Crippen LogP contribution in [0.25, 0.3) is 11.1 Å². The Balaban J connectivity index is 2.08. The van der Waals surface area contributed by atoms with Gasteiger partial charge in [-0.15, -0.1) is 0 Å². The van der Waals surface area contributed by atoms with Crippen LogP contribution >= 0.6 is 11.6 Å². The van der Waals surface area contributed by atoms with Crippen LogP contribution in [0.4, 0.5) is 0 Å². The van der Waals surface area contributed by atoms with Crippen molar-refractivity contribution in [1.29, 1.82) is 0 Å². The highest BCUT2D eigenvalue weighted by atomic mass is 35.5. The van der Waals surface area contributed by atoms with Crippen LogP contribution in [0.1, 0.15) is 65.0 Å². The molecule has 33 heavy (non-hydrogen) atoms. The highest BCUT2D eigenvalue weighted by molar-refractivity contribution is 6.30. The van der Waals surface area contributed by atoms with Crippen LogP contribution in [0.2, 0.25) is 5.02 Å². The van der Waals surface area contributed by atoms with Gasteiger partial charge in [0.15, 0.2) is 5.76 Å². The van der Waals surface area contributed by atoms with Crippen LogP contribution in [0.15, 0.2) is 63.8 Å². The summed E-state index contributed by atoms with van der Waals surface area (Å²) < 4.78 is 5.89. The van der Waals surface area contributed by atoms with E-state index >= 15 is 0 Å². The maximum absolute atomic E-state index is 12.5. The number of aliphatic hydroxyl groups is 1. The summed E-state index contributed by atoms with van der Waals surface area (Å²) >= 11 is 6.15. The predicted octanol–water partition coefficient (Wildman–Crippen LogP) is 6.52. The van der Waals surface area contributed by atoms with E-state index in [0.29, 0.717) is 10.9 Å². The molecular weight excluding hydrogens is 436 g/mol. The standard InChI is InChI=1S/C28H27ClO4/c1-15(2)19-7-10-22-16(3)12-23(25(22)17(4)11-19)26(18-5-8-20(29)9-6-18)28-27(32)24(31)13-21(14-30)33-28/h5-13,15,26,30,32H,14H2,1-4H3. The molecule has 4 rings (SSSR count). The second kappa shape index (κ2) is 9.05. The summed E-state index contributed by atoms with van der Waals surface area (Å²) in [6.45, 7) is 8.02. The van der Waals surface area contributed by atoms with Crippen LogP contribution in [-0.2, 0) is 6.61 Å². The Morgan fingerprint density at radius 3 is 2.24 bits per heavy atom. The van der Waals surface area contributed by atoms with E-state index in [-0.39, 0.29) is 11.5 Å². The van der Waals surface area contributed by atoms with Gasteiger partial charge in [-0.3, -0.25) is 4.79 Å². The summed E-state index contributed by atoms with van der Waals surface area (Å²) in [5.41, 5.74) is 6.72. The Morgan fingerprint density at radius 1 is 0.939 bits per heavy atom. The zero-order chi connectivity index (χ0) is 23.9. The van der Waals surface area contributed by atoms with Gasteiger partial charge in [-0.05, 0) is 70.8 Å². The van der Waals surface area contributed by atoms with Crippen molar-refractivity contribution in [3.8, 4) is 16.9 Å². The molecule has 4 nitrogen and oxygen atoms in total. The summed E-state index contributed by atoms with van der Waals surface area (Å²) in [6.07, 6.45) is 0. The van der Waals surface area contributed by atoms with Gasteiger partial charge in [0.25, 0.3) is 0 Å². The molecule has 0 spiro atoms. The molecule has 2 N–H and O–H groups in total. The van der Waals surface area contributed by atoms with Crippen molar-refractivity contribution in [2.24, 2.45) is 0 Å². The third-order valence-electron chi connectivity index (χ3n) is 6.17. The van der Waals surface area contributed by atoms with E-state index in [1.54, 1.807) is 12.1 Å². The number of aromatic hydroxyl groups is 1. The largest absolute Gasteiger partial charge is 0.502 e. The average Bonchev–Trinajstić information content (AvgIpc) is 2.99. The Hall–Kier alpha value is -3.08. The van der Waals surface area contributed by atoms with Crippen LogP contribution in [0, 0.1) is 13.8 Å². The van der Waals surface area contributed by atoms with E-state index in [2.05, 4.69) is 52.0 Å². The summed E-state index contributed by atoms with van der Waals surface area (Å²) in [5.74, 6) is -0.444. The lowest BCUT2D eigenvalue weighted by Crippen LogP contribution is -2.11. The number of aliphatic hydroxyl groups excluding tert-OH is 1. The number of fused-ring (bicyclic) bond motifs is 1. The van der Waals surface area contributed by atoms with Crippen molar-refractivity contribution in [3.63, 3.8) is 0 Å². The van der Waals surface area contributed by atoms with E-state index in [1.807, 2.05) is 12.1 Å². The fourth-order valence-corrected chi connectivity index (χ4v) is 4.61. The van der Waals surface area contributed by atoms with Crippen LogP contribution < -0.4 is 5.43 Å². The monoisotopic (exact) mass is 462 g/mol. The third-order valence-corrected chi connectivity index (χ3v) is 6.43. The van der Waals surface area contributed by atoms with Crippen molar-refractivity contribution in [3.05, 3.63) is 109 Å². The number of hydrogen-bond acceptors (Lipinski definition) is 4. The molecule has 0 bridgehead atoms. The summed E-state index contributed by atoms with van der Waals surface area (Å²) in [7, 11) is 0. The molecular formula is C28H27ClO4. The summed E-state index contributed by atoms with van der Waals surface area (Å²) in [5, 5.41) is 21.0. The van der Waals surface area contributed by atoms with Crippen LogP contribution in [0.5, 0.6) is 5.75 Å². The van der Waals surface area contributed by atoms with Crippen molar-refractivity contribution >= 4 is 11.6 Å². The fourth-order valence-electron chi connectivity index (χ4n) is 4.48. The Labute approximate surface area is 198 Å². The molecule has 170 valence electrons. The fraction of sp³-hybridized carbons (Fsp3) is 0.250. The van der Waals surface area contributed by atoms with Crippen molar-refractivity contribution < 1.29 is 14.6 Å². The van der Waals surface area contributed by atoms with Gasteiger partial charge < -0.3 is 14.6 Å². The minimum atomic E-state index is -0.587. The maximum atomic E-state index is 12.5. The minimum Gasteiger partial charge on any atom is -0.502 e. The third kappa shape index (κ3) is 4.29. The quantitative estimate of drug-likeness (QED) is 0.354. The Morgan fingerprint density at radius 2 is 1.61 bits per heavy atom. The molecule has 1 aromatic heterocycles. The number of benzene rings is 1. The summed E-state index contributed by atoms with van der Waals surface area (Å²) in [6, 6.07) is 17.0. The predicted molar refractivity (Wildman–Crippen MR) is 132 cm³/mol. The number of rotatable bonds is 5. The second-order valence-electron chi connectivity index (χ2n) is 8.82. The zero-order valence-electron chi connectivity index (χ0n) is 19.1. The van der Waals surface area contributed by atoms with Gasteiger partial charge in [0.05, 0.1) is 5.92 Å². The van der Waals surface area contributed by atoms with E-state index < -0.39 is 23.7 Å². The molecule has 2 aliphatic rings. The van der Waals surface area contributed by atoms with Gasteiger partial charge in [0, 0.05) is 11.1 Å². The van der Waals surface area contributed by atoms with Gasteiger partial charge in [-0.1, -0.05) is 61.8 Å². The first-order chi connectivity index (χ1) is 15.7. The second-order valence-corrected chi connectivity index (χ2v) is 9.26. The molecule has 0 fully saturated rings. The normalized spacial score (nSPS) is 12.5. The van der Waals surface area contributed by atoms with Gasteiger partial charge in [0.1, 0.15) is 12.4 Å². The molecule has 0 saturated heterocycles. The maximum Gasteiger partial charge on any atom is 0.227 e. The molecule has 1 atom stereocenters. The van der Waals surface area contributed by atoms with Gasteiger partial charge in [-0.2, -0.15) is 0 Å². The molecule has 2 aromatic rings.